The molecule has 0 radical (unpaired) electrons. The van der Waals surface area contributed by atoms with Crippen molar-refractivity contribution in [3.8, 4) is 0 Å². The number of aromatic nitrogens is 1. The number of pyridine rings is 1. The van der Waals surface area contributed by atoms with Crippen LogP contribution in [0.4, 0.5) is 5.69 Å². The number of hydrogen-bond acceptors (Lipinski definition) is 6. The van der Waals surface area contributed by atoms with Crippen LogP contribution < -0.4 is 10.6 Å². The number of β-amino-alcohol motifs (C(OH)–C–C–N with tert-alkyl or cyclic N) is 1. The van der Waals surface area contributed by atoms with Gasteiger partial charge in [-0.25, -0.2) is 13.4 Å². The van der Waals surface area contributed by atoms with E-state index in [1.54, 1.807) is 0 Å². The van der Waals surface area contributed by atoms with Crippen LogP contribution in [0.2, 0.25) is 0 Å². The van der Waals surface area contributed by atoms with E-state index in [0.717, 1.165) is 6.26 Å². The van der Waals surface area contributed by atoms with E-state index in [-0.39, 0.29) is 35.7 Å². The zero-order chi connectivity index (χ0) is 14.0. The zero-order valence-corrected chi connectivity index (χ0v) is 13.6. The fourth-order valence-corrected chi connectivity index (χ4v) is 2.38. The second kappa shape index (κ2) is 7.90. The van der Waals surface area contributed by atoms with E-state index in [4.69, 9.17) is 0 Å². The van der Waals surface area contributed by atoms with Crippen LogP contribution in [0.3, 0.4) is 0 Å². The first-order valence-electron chi connectivity index (χ1n) is 5.74. The van der Waals surface area contributed by atoms with Crippen molar-refractivity contribution in [2.24, 2.45) is 0 Å². The summed E-state index contributed by atoms with van der Waals surface area (Å²) in [5.41, 5.74) is 0.417. The SMILES string of the molecule is CS(=O)(=O)c1ccc(NC(=O)C2CC(O)CN2)cn1.Cl.Cl. The highest BCUT2D eigenvalue weighted by Gasteiger charge is 2.28. The lowest BCUT2D eigenvalue weighted by molar-refractivity contribution is -0.117. The number of amides is 1. The van der Waals surface area contributed by atoms with Crippen molar-refractivity contribution in [2.75, 3.05) is 18.1 Å². The van der Waals surface area contributed by atoms with Crippen LogP contribution in [0.1, 0.15) is 6.42 Å². The first-order valence-corrected chi connectivity index (χ1v) is 7.64. The summed E-state index contributed by atoms with van der Waals surface area (Å²) in [7, 11) is -3.34. The van der Waals surface area contributed by atoms with E-state index in [2.05, 4.69) is 15.6 Å². The summed E-state index contributed by atoms with van der Waals surface area (Å²) in [6, 6.07) is 2.37. The highest BCUT2D eigenvalue weighted by Crippen LogP contribution is 2.13. The maximum atomic E-state index is 11.8. The monoisotopic (exact) mass is 357 g/mol. The second-order valence-corrected chi connectivity index (χ2v) is 6.46. The van der Waals surface area contributed by atoms with Crippen LogP contribution in [0.25, 0.3) is 0 Å². The average molecular weight is 358 g/mol. The van der Waals surface area contributed by atoms with Gasteiger partial charge in [0.15, 0.2) is 14.9 Å². The Morgan fingerprint density at radius 2 is 2.10 bits per heavy atom. The number of sulfone groups is 1. The van der Waals surface area contributed by atoms with Crippen LogP contribution in [0.15, 0.2) is 23.4 Å². The molecule has 120 valence electrons. The minimum atomic E-state index is -3.34. The smallest absolute Gasteiger partial charge is 0.241 e. The van der Waals surface area contributed by atoms with Gasteiger partial charge in [-0.05, 0) is 18.6 Å². The maximum Gasteiger partial charge on any atom is 0.241 e. The van der Waals surface area contributed by atoms with Crippen LogP contribution in [-0.4, -0.2) is 49.4 Å². The molecule has 1 aromatic rings. The zero-order valence-electron chi connectivity index (χ0n) is 11.1. The Morgan fingerprint density at radius 1 is 1.43 bits per heavy atom. The number of hydrogen-bond donors (Lipinski definition) is 3. The third-order valence-corrected chi connectivity index (χ3v) is 3.81. The molecule has 1 saturated heterocycles. The Bertz CT molecular complexity index is 580. The molecular formula is C11H17Cl2N3O4S. The summed E-state index contributed by atoms with van der Waals surface area (Å²) in [6.07, 6.45) is 2.21. The Morgan fingerprint density at radius 3 is 2.52 bits per heavy atom. The van der Waals surface area contributed by atoms with Gasteiger partial charge in [0.25, 0.3) is 0 Å². The van der Waals surface area contributed by atoms with Gasteiger partial charge in [-0.1, -0.05) is 0 Å². The van der Waals surface area contributed by atoms with Gasteiger partial charge in [-0.2, -0.15) is 0 Å². The number of nitrogens with one attached hydrogen (secondary N) is 2. The minimum Gasteiger partial charge on any atom is -0.392 e. The fraction of sp³-hybridized carbons (Fsp3) is 0.455. The van der Waals surface area contributed by atoms with Crippen molar-refractivity contribution < 1.29 is 18.3 Å². The predicted octanol–water partition coefficient (Wildman–Crippen LogP) is -0.01000. The summed E-state index contributed by atoms with van der Waals surface area (Å²) in [5.74, 6) is -0.273. The van der Waals surface area contributed by atoms with Crippen LogP contribution in [-0.2, 0) is 14.6 Å². The quantitative estimate of drug-likeness (QED) is 0.701. The molecule has 10 heteroatoms. The molecule has 2 rings (SSSR count). The van der Waals surface area contributed by atoms with Crippen molar-refractivity contribution in [3.63, 3.8) is 0 Å². The number of aliphatic hydroxyl groups is 1. The highest BCUT2D eigenvalue weighted by molar-refractivity contribution is 7.90. The number of carbonyl (C=O) groups is 1. The first-order chi connectivity index (χ1) is 8.86. The van der Waals surface area contributed by atoms with Crippen molar-refractivity contribution >= 4 is 46.2 Å². The molecule has 1 aromatic heterocycles. The number of nitrogens with zero attached hydrogens (tertiary/aromatic N) is 1. The minimum absolute atomic E-state index is 0. The Labute approximate surface area is 135 Å². The number of halogens is 2. The van der Waals surface area contributed by atoms with Gasteiger partial charge in [0.2, 0.25) is 5.91 Å². The topological polar surface area (TPSA) is 108 Å². The molecule has 1 aliphatic rings. The van der Waals surface area contributed by atoms with Gasteiger partial charge < -0.3 is 15.7 Å². The van der Waals surface area contributed by atoms with E-state index in [1.165, 1.54) is 18.3 Å². The van der Waals surface area contributed by atoms with Crippen molar-refractivity contribution in [1.82, 2.24) is 10.3 Å². The normalized spacial score (nSPS) is 21.0. The third kappa shape index (κ3) is 5.40. The van der Waals surface area contributed by atoms with Crippen LogP contribution in [0, 0.1) is 0 Å². The lowest BCUT2D eigenvalue weighted by Crippen LogP contribution is -2.35. The van der Waals surface area contributed by atoms with Crippen molar-refractivity contribution in [1.29, 1.82) is 0 Å². The number of rotatable bonds is 3. The van der Waals surface area contributed by atoms with Gasteiger partial charge in [0, 0.05) is 12.8 Å². The van der Waals surface area contributed by atoms with Crippen LogP contribution in [0.5, 0.6) is 0 Å². The third-order valence-electron chi connectivity index (χ3n) is 2.81. The predicted molar refractivity (Wildman–Crippen MR) is 82.9 cm³/mol. The summed E-state index contributed by atoms with van der Waals surface area (Å²) >= 11 is 0. The molecule has 1 amide bonds. The fourth-order valence-electron chi connectivity index (χ4n) is 1.82. The molecule has 7 nitrogen and oxygen atoms in total. The average Bonchev–Trinajstić information content (AvgIpc) is 2.75. The molecule has 0 aromatic carbocycles. The molecule has 2 atom stereocenters. The Balaban J connectivity index is 0.00000200. The highest BCUT2D eigenvalue weighted by atomic mass is 35.5. The number of aliphatic hydroxyl groups excluding tert-OH is 1. The molecule has 1 aliphatic heterocycles. The van der Waals surface area contributed by atoms with E-state index < -0.39 is 22.0 Å². The van der Waals surface area contributed by atoms with Crippen LogP contribution >= 0.6 is 24.8 Å². The largest absolute Gasteiger partial charge is 0.392 e. The molecule has 21 heavy (non-hydrogen) atoms. The Kier molecular flexibility index (Phi) is 7.55. The summed E-state index contributed by atoms with van der Waals surface area (Å²) in [4.78, 5) is 15.6. The Hall–Kier alpha value is -0.930. The van der Waals surface area contributed by atoms with Crippen molar-refractivity contribution in [2.45, 2.75) is 23.6 Å². The summed E-state index contributed by atoms with van der Waals surface area (Å²) in [5, 5.41) is 14.8. The van der Waals surface area contributed by atoms with Gasteiger partial charge in [-0.15, -0.1) is 24.8 Å². The molecular weight excluding hydrogens is 341 g/mol. The number of anilines is 1. The van der Waals surface area contributed by atoms with E-state index >= 15 is 0 Å². The molecule has 0 saturated carbocycles. The summed E-state index contributed by atoms with van der Waals surface area (Å²) in [6.45, 7) is 0.392. The lowest BCUT2D eigenvalue weighted by Gasteiger charge is -2.10. The molecule has 0 bridgehead atoms. The van der Waals surface area contributed by atoms with Gasteiger partial charge in [0.05, 0.1) is 24.0 Å². The lowest BCUT2D eigenvalue weighted by atomic mass is 10.2. The van der Waals surface area contributed by atoms with Gasteiger partial charge in [0.1, 0.15) is 0 Å². The maximum absolute atomic E-state index is 11.8. The van der Waals surface area contributed by atoms with E-state index in [9.17, 15) is 18.3 Å². The number of carbonyl (C=O) groups excluding carboxylic acids is 1. The van der Waals surface area contributed by atoms with Gasteiger partial charge >= 0.3 is 0 Å². The molecule has 0 aliphatic carbocycles. The van der Waals surface area contributed by atoms with Gasteiger partial charge in [-0.3, -0.25) is 4.79 Å². The molecule has 3 N–H and O–H groups in total. The molecule has 2 heterocycles. The van der Waals surface area contributed by atoms with Crippen molar-refractivity contribution in [3.05, 3.63) is 18.3 Å². The first kappa shape index (κ1) is 20.1. The summed E-state index contributed by atoms with van der Waals surface area (Å²) < 4.78 is 22.4. The molecule has 1 fully saturated rings. The van der Waals surface area contributed by atoms with E-state index in [1.807, 2.05) is 0 Å². The molecule has 0 spiro atoms. The standard InChI is InChI=1S/C11H15N3O4S.2ClH/c1-19(17,18)10-3-2-7(5-13-10)14-11(16)9-4-8(15)6-12-9;;/h2-3,5,8-9,12,15H,4,6H2,1H3,(H,14,16);2*1H. The molecule has 2 unspecified atom stereocenters. The van der Waals surface area contributed by atoms with E-state index in [0.29, 0.717) is 18.7 Å². The second-order valence-electron chi connectivity index (χ2n) is 4.50.